The number of carbonyl (C=O) groups excluding carboxylic acids is 1. The molecular formula is C15H22N2O2. The second-order valence-electron chi connectivity index (χ2n) is 5.68. The number of nitrogens with two attached hydrogens (primary N) is 1. The highest BCUT2D eigenvalue weighted by Gasteiger charge is 2.35. The maximum Gasteiger partial charge on any atom is 0.261 e. The average molecular weight is 262 g/mol. The Bertz CT molecular complexity index is 448. The van der Waals surface area contributed by atoms with E-state index in [9.17, 15) is 4.79 Å². The maximum atomic E-state index is 12.3. The number of amides is 1. The van der Waals surface area contributed by atoms with E-state index in [0.29, 0.717) is 13.0 Å². The zero-order valence-corrected chi connectivity index (χ0v) is 11.8. The highest BCUT2D eigenvalue weighted by atomic mass is 16.5. The average Bonchev–Trinajstić information content (AvgIpc) is 2.82. The van der Waals surface area contributed by atoms with Gasteiger partial charge in [-0.2, -0.15) is 0 Å². The summed E-state index contributed by atoms with van der Waals surface area (Å²) < 4.78 is 5.69. The molecule has 1 aromatic rings. The minimum atomic E-state index is -0.443. The summed E-state index contributed by atoms with van der Waals surface area (Å²) in [7, 11) is 0. The number of hydrogen-bond donors (Lipinski definition) is 2. The maximum absolute atomic E-state index is 12.3. The quantitative estimate of drug-likeness (QED) is 0.864. The SMILES string of the molecule is CC(C)C(C)(CN)NC(=O)C1Cc2ccccc2O1. The van der Waals surface area contributed by atoms with E-state index in [-0.39, 0.29) is 11.8 Å². The van der Waals surface area contributed by atoms with E-state index in [4.69, 9.17) is 10.5 Å². The molecule has 0 radical (unpaired) electrons. The molecule has 19 heavy (non-hydrogen) atoms. The molecule has 2 rings (SSSR count). The molecule has 0 fully saturated rings. The van der Waals surface area contributed by atoms with Gasteiger partial charge >= 0.3 is 0 Å². The van der Waals surface area contributed by atoms with E-state index in [2.05, 4.69) is 19.2 Å². The number of para-hydroxylation sites is 1. The first-order valence-corrected chi connectivity index (χ1v) is 6.73. The van der Waals surface area contributed by atoms with Crippen molar-refractivity contribution in [3.8, 4) is 5.75 Å². The van der Waals surface area contributed by atoms with Crippen LogP contribution in [-0.4, -0.2) is 24.1 Å². The summed E-state index contributed by atoms with van der Waals surface area (Å²) in [6.07, 6.45) is 0.183. The molecule has 0 aliphatic carbocycles. The summed E-state index contributed by atoms with van der Waals surface area (Å²) in [6, 6.07) is 7.76. The lowest BCUT2D eigenvalue weighted by atomic mass is 9.88. The van der Waals surface area contributed by atoms with Crippen LogP contribution in [0.4, 0.5) is 0 Å². The van der Waals surface area contributed by atoms with Gasteiger partial charge < -0.3 is 15.8 Å². The molecule has 104 valence electrons. The Morgan fingerprint density at radius 1 is 1.53 bits per heavy atom. The first-order chi connectivity index (χ1) is 8.96. The lowest BCUT2D eigenvalue weighted by Gasteiger charge is -2.34. The molecule has 2 atom stereocenters. The van der Waals surface area contributed by atoms with Gasteiger partial charge in [0.1, 0.15) is 5.75 Å². The standard InChI is InChI=1S/C15H22N2O2/c1-10(2)15(3,9-16)17-14(18)13-8-11-6-4-5-7-12(11)19-13/h4-7,10,13H,8-9,16H2,1-3H3,(H,17,18). The Balaban J connectivity index is 2.04. The van der Waals surface area contributed by atoms with Crippen LogP contribution < -0.4 is 15.8 Å². The number of ether oxygens (including phenoxy) is 1. The lowest BCUT2D eigenvalue weighted by molar-refractivity contribution is -0.129. The van der Waals surface area contributed by atoms with E-state index >= 15 is 0 Å². The number of fused-ring (bicyclic) bond motifs is 1. The normalized spacial score (nSPS) is 20.6. The van der Waals surface area contributed by atoms with Gasteiger partial charge in [0.15, 0.2) is 6.10 Å². The van der Waals surface area contributed by atoms with Crippen molar-refractivity contribution in [1.29, 1.82) is 0 Å². The highest BCUT2D eigenvalue weighted by molar-refractivity contribution is 5.83. The number of rotatable bonds is 4. The monoisotopic (exact) mass is 262 g/mol. The van der Waals surface area contributed by atoms with E-state index in [1.54, 1.807) is 0 Å². The Morgan fingerprint density at radius 3 is 2.79 bits per heavy atom. The van der Waals surface area contributed by atoms with Crippen LogP contribution in [0.15, 0.2) is 24.3 Å². The van der Waals surface area contributed by atoms with Crippen molar-refractivity contribution in [3.63, 3.8) is 0 Å². The number of hydrogen-bond acceptors (Lipinski definition) is 3. The Hall–Kier alpha value is -1.55. The molecule has 1 amide bonds. The summed E-state index contributed by atoms with van der Waals surface area (Å²) in [4.78, 5) is 12.3. The van der Waals surface area contributed by atoms with Crippen molar-refractivity contribution in [3.05, 3.63) is 29.8 Å². The number of benzene rings is 1. The Morgan fingerprint density at radius 2 is 2.21 bits per heavy atom. The summed E-state index contributed by atoms with van der Waals surface area (Å²) in [5, 5.41) is 3.03. The van der Waals surface area contributed by atoms with Crippen LogP contribution in [0.5, 0.6) is 5.75 Å². The van der Waals surface area contributed by atoms with Crippen molar-refractivity contribution < 1.29 is 9.53 Å². The van der Waals surface area contributed by atoms with Gasteiger partial charge in [0, 0.05) is 13.0 Å². The molecular weight excluding hydrogens is 240 g/mol. The Labute approximate surface area is 114 Å². The zero-order chi connectivity index (χ0) is 14.0. The van der Waals surface area contributed by atoms with Crippen molar-refractivity contribution in [2.24, 2.45) is 11.7 Å². The fraction of sp³-hybridized carbons (Fsp3) is 0.533. The van der Waals surface area contributed by atoms with Crippen LogP contribution in [-0.2, 0) is 11.2 Å². The molecule has 1 heterocycles. The summed E-state index contributed by atoms with van der Waals surface area (Å²) in [5.41, 5.74) is 6.47. The number of nitrogens with one attached hydrogen (secondary N) is 1. The van der Waals surface area contributed by atoms with Gasteiger partial charge in [-0.05, 0) is 24.5 Å². The predicted octanol–water partition coefficient (Wildman–Crippen LogP) is 1.48. The molecule has 0 spiro atoms. The third-order valence-electron chi connectivity index (χ3n) is 4.05. The molecule has 2 unspecified atom stereocenters. The minimum Gasteiger partial charge on any atom is -0.480 e. The molecule has 0 aromatic heterocycles. The molecule has 1 aromatic carbocycles. The van der Waals surface area contributed by atoms with Crippen LogP contribution in [0.25, 0.3) is 0 Å². The second-order valence-corrected chi connectivity index (χ2v) is 5.68. The van der Waals surface area contributed by atoms with Crippen LogP contribution in [0.2, 0.25) is 0 Å². The molecule has 0 saturated carbocycles. The van der Waals surface area contributed by atoms with Crippen molar-refractivity contribution in [2.45, 2.75) is 38.8 Å². The topological polar surface area (TPSA) is 64.3 Å². The molecule has 4 heteroatoms. The van der Waals surface area contributed by atoms with Crippen LogP contribution in [0.1, 0.15) is 26.3 Å². The molecule has 4 nitrogen and oxygen atoms in total. The van der Waals surface area contributed by atoms with E-state index in [1.807, 2.05) is 31.2 Å². The molecule has 0 bridgehead atoms. The van der Waals surface area contributed by atoms with Crippen LogP contribution in [0, 0.1) is 5.92 Å². The zero-order valence-electron chi connectivity index (χ0n) is 11.8. The molecule has 1 aliphatic heterocycles. The smallest absolute Gasteiger partial charge is 0.261 e. The highest BCUT2D eigenvalue weighted by Crippen LogP contribution is 2.28. The molecule has 0 saturated heterocycles. The van der Waals surface area contributed by atoms with E-state index in [0.717, 1.165) is 11.3 Å². The van der Waals surface area contributed by atoms with Gasteiger partial charge in [-0.1, -0.05) is 32.0 Å². The summed E-state index contributed by atoms with van der Waals surface area (Å²) in [5.74, 6) is 0.990. The molecule has 1 aliphatic rings. The summed E-state index contributed by atoms with van der Waals surface area (Å²) in [6.45, 7) is 6.49. The van der Waals surface area contributed by atoms with Crippen molar-refractivity contribution in [2.75, 3.05) is 6.54 Å². The van der Waals surface area contributed by atoms with Crippen molar-refractivity contribution in [1.82, 2.24) is 5.32 Å². The largest absolute Gasteiger partial charge is 0.480 e. The lowest BCUT2D eigenvalue weighted by Crippen LogP contribution is -2.57. The predicted molar refractivity (Wildman–Crippen MR) is 75.0 cm³/mol. The van der Waals surface area contributed by atoms with Gasteiger partial charge in [-0.3, -0.25) is 4.79 Å². The van der Waals surface area contributed by atoms with Gasteiger partial charge in [0.05, 0.1) is 5.54 Å². The van der Waals surface area contributed by atoms with Gasteiger partial charge in [0.2, 0.25) is 0 Å². The fourth-order valence-electron chi connectivity index (χ4n) is 2.12. The first kappa shape index (κ1) is 13.9. The molecule has 3 N–H and O–H groups in total. The van der Waals surface area contributed by atoms with Gasteiger partial charge in [-0.15, -0.1) is 0 Å². The summed E-state index contributed by atoms with van der Waals surface area (Å²) >= 11 is 0. The van der Waals surface area contributed by atoms with Crippen LogP contribution in [0.3, 0.4) is 0 Å². The minimum absolute atomic E-state index is 0.0853. The first-order valence-electron chi connectivity index (χ1n) is 6.73. The number of carbonyl (C=O) groups is 1. The van der Waals surface area contributed by atoms with Gasteiger partial charge in [0.25, 0.3) is 5.91 Å². The van der Waals surface area contributed by atoms with Crippen molar-refractivity contribution >= 4 is 5.91 Å². The van der Waals surface area contributed by atoms with Gasteiger partial charge in [-0.25, -0.2) is 0 Å². The van der Waals surface area contributed by atoms with E-state index < -0.39 is 11.6 Å². The van der Waals surface area contributed by atoms with Crippen LogP contribution >= 0.6 is 0 Å². The Kier molecular flexibility index (Phi) is 3.80. The second kappa shape index (κ2) is 5.21. The third kappa shape index (κ3) is 2.73. The third-order valence-corrected chi connectivity index (χ3v) is 4.05. The fourth-order valence-corrected chi connectivity index (χ4v) is 2.12. The van der Waals surface area contributed by atoms with E-state index in [1.165, 1.54) is 0 Å².